The van der Waals surface area contributed by atoms with Crippen molar-refractivity contribution in [2.45, 2.75) is 91.1 Å². The van der Waals surface area contributed by atoms with Crippen molar-refractivity contribution < 1.29 is 19.1 Å². The molecule has 1 saturated carbocycles. The van der Waals surface area contributed by atoms with Gasteiger partial charge < -0.3 is 14.3 Å². The van der Waals surface area contributed by atoms with Gasteiger partial charge in [-0.2, -0.15) is 0 Å². The number of carbonyl (C=O) groups is 1. The lowest BCUT2D eigenvalue weighted by Gasteiger charge is -2.37. The number of carbonyl (C=O) groups excluding carboxylic acids is 1. The molecule has 1 fully saturated rings. The van der Waals surface area contributed by atoms with Gasteiger partial charge >= 0.3 is 5.97 Å². The molecule has 1 aliphatic rings. The van der Waals surface area contributed by atoms with Crippen LogP contribution in [0.3, 0.4) is 0 Å². The zero-order valence-electron chi connectivity index (χ0n) is 19.5. The third kappa shape index (κ3) is 6.08. The van der Waals surface area contributed by atoms with Crippen LogP contribution in [-0.4, -0.2) is 25.5 Å². The highest BCUT2D eigenvalue weighted by Gasteiger charge is 2.39. The zero-order chi connectivity index (χ0) is 22.0. The second-order valence-electron chi connectivity index (χ2n) is 10.6. The molecule has 0 saturated heterocycles. The van der Waals surface area contributed by atoms with E-state index in [0.29, 0.717) is 23.3 Å². The lowest BCUT2D eigenvalue weighted by atomic mass is 9.75. The molecule has 164 valence electrons. The van der Waals surface area contributed by atoms with E-state index < -0.39 is 20.4 Å². The highest BCUT2D eigenvalue weighted by Crippen LogP contribution is 2.38. The zero-order valence-corrected chi connectivity index (χ0v) is 20.5. The van der Waals surface area contributed by atoms with Gasteiger partial charge in [0.25, 0.3) is 0 Å². The van der Waals surface area contributed by atoms with Crippen LogP contribution in [0.2, 0.25) is 18.1 Å². The highest BCUT2D eigenvalue weighted by molar-refractivity contribution is 6.74. The van der Waals surface area contributed by atoms with Crippen LogP contribution in [0, 0.1) is 17.8 Å². The second kappa shape index (κ2) is 9.21. The Morgan fingerprint density at radius 2 is 1.72 bits per heavy atom. The molecule has 0 heterocycles. The highest BCUT2D eigenvalue weighted by atomic mass is 28.4. The van der Waals surface area contributed by atoms with Gasteiger partial charge in [-0.3, -0.25) is 0 Å². The van der Waals surface area contributed by atoms with E-state index in [1.165, 1.54) is 6.42 Å². The minimum Gasteiger partial charge on any atom is -0.544 e. The molecule has 0 amide bonds. The van der Waals surface area contributed by atoms with Gasteiger partial charge in [0, 0.05) is 0 Å². The molecule has 0 radical (unpaired) electrons. The summed E-state index contributed by atoms with van der Waals surface area (Å²) >= 11 is 0. The van der Waals surface area contributed by atoms with Gasteiger partial charge in [0.1, 0.15) is 11.9 Å². The molecule has 4 nitrogen and oxygen atoms in total. The Morgan fingerprint density at radius 1 is 1.14 bits per heavy atom. The number of rotatable bonds is 6. The Kier molecular flexibility index (Phi) is 7.61. The van der Waals surface area contributed by atoms with Crippen LogP contribution in [0.5, 0.6) is 5.75 Å². The maximum atomic E-state index is 12.6. The fourth-order valence-electron chi connectivity index (χ4n) is 3.77. The van der Waals surface area contributed by atoms with Crippen LogP contribution in [0.25, 0.3) is 0 Å². The summed E-state index contributed by atoms with van der Waals surface area (Å²) < 4.78 is 12.1. The molecule has 4 atom stereocenters. The molecule has 2 rings (SSSR count). The molecule has 1 aromatic rings. The fraction of sp³-hybridized carbons (Fsp3) is 0.708. The quantitative estimate of drug-likeness (QED) is 0.446. The minimum atomic E-state index is -1.92. The van der Waals surface area contributed by atoms with Crippen molar-refractivity contribution in [2.24, 2.45) is 17.8 Å². The first kappa shape index (κ1) is 23.9. The van der Waals surface area contributed by atoms with Crippen LogP contribution in [-0.2, 0) is 9.53 Å². The molecular weight excluding hydrogens is 380 g/mol. The number of hydrogen-bond donors (Lipinski definition) is 1. The molecule has 0 aliphatic heterocycles. The topological polar surface area (TPSA) is 55.8 Å². The standard InChI is InChI=1S/C24H40O4Si/c1-16(2)20-14-9-17(3)15-21(20)27-23(26)22(25)18-10-12-19(13-11-18)28-29(7,8)24(4,5)6/h10-13,16-17,20-22,25H,9,14-15H2,1-8H3/t17-,20+,21-,22+/m1/s1. The molecule has 1 aromatic carbocycles. The first-order valence-corrected chi connectivity index (χ1v) is 13.9. The number of esters is 1. The van der Waals surface area contributed by atoms with Crippen molar-refractivity contribution in [2.75, 3.05) is 0 Å². The van der Waals surface area contributed by atoms with Crippen molar-refractivity contribution in [3.8, 4) is 5.75 Å². The van der Waals surface area contributed by atoms with Crippen LogP contribution in [0.4, 0.5) is 0 Å². The van der Waals surface area contributed by atoms with E-state index in [1.54, 1.807) is 12.1 Å². The van der Waals surface area contributed by atoms with Gasteiger partial charge in [0.15, 0.2) is 6.10 Å². The predicted molar refractivity (Wildman–Crippen MR) is 120 cm³/mol. The molecule has 1 aliphatic carbocycles. The van der Waals surface area contributed by atoms with Gasteiger partial charge in [-0.05, 0) is 66.4 Å². The third-order valence-corrected chi connectivity index (χ3v) is 11.2. The summed E-state index contributed by atoms with van der Waals surface area (Å²) in [6.07, 6.45) is 1.76. The van der Waals surface area contributed by atoms with Crippen molar-refractivity contribution in [3.05, 3.63) is 29.8 Å². The summed E-state index contributed by atoms with van der Waals surface area (Å²) in [5.74, 6) is 1.60. The van der Waals surface area contributed by atoms with Crippen LogP contribution >= 0.6 is 0 Å². The molecule has 5 heteroatoms. The van der Waals surface area contributed by atoms with Crippen LogP contribution in [0.1, 0.15) is 72.5 Å². The first-order valence-electron chi connectivity index (χ1n) is 11.0. The number of aliphatic hydroxyl groups is 1. The second-order valence-corrected chi connectivity index (χ2v) is 15.4. The van der Waals surface area contributed by atoms with Crippen molar-refractivity contribution in [1.29, 1.82) is 0 Å². The average Bonchev–Trinajstić information content (AvgIpc) is 2.60. The summed E-state index contributed by atoms with van der Waals surface area (Å²) in [6, 6.07) is 7.20. The van der Waals surface area contributed by atoms with E-state index in [1.807, 2.05) is 12.1 Å². The Labute approximate surface area is 178 Å². The summed E-state index contributed by atoms with van der Waals surface area (Å²) in [4.78, 5) is 12.6. The molecule has 0 bridgehead atoms. The number of benzene rings is 1. The van der Waals surface area contributed by atoms with Crippen molar-refractivity contribution in [3.63, 3.8) is 0 Å². The summed E-state index contributed by atoms with van der Waals surface area (Å²) in [6.45, 7) is 17.6. The number of hydrogen-bond acceptors (Lipinski definition) is 4. The lowest BCUT2D eigenvalue weighted by molar-refractivity contribution is -0.166. The Balaban J connectivity index is 2.04. The maximum Gasteiger partial charge on any atom is 0.339 e. The normalized spacial score (nSPS) is 24.3. The van der Waals surface area contributed by atoms with Gasteiger partial charge in [-0.1, -0.05) is 60.1 Å². The van der Waals surface area contributed by atoms with Gasteiger partial charge in [-0.15, -0.1) is 0 Å². The van der Waals surface area contributed by atoms with E-state index in [0.717, 1.165) is 18.6 Å². The van der Waals surface area contributed by atoms with Crippen LogP contribution in [0.15, 0.2) is 24.3 Å². The predicted octanol–water partition coefficient (Wildman–Crippen LogP) is 6.11. The van der Waals surface area contributed by atoms with E-state index in [4.69, 9.17) is 9.16 Å². The smallest absolute Gasteiger partial charge is 0.339 e. The first-order chi connectivity index (χ1) is 13.3. The SMILES string of the molecule is CC(C)[C@@H]1CC[C@@H](C)C[C@H]1OC(=O)[C@@H](O)c1ccc(O[Si](C)(C)C(C)(C)C)cc1. The van der Waals surface area contributed by atoms with Gasteiger partial charge in [-0.25, -0.2) is 4.79 Å². The molecule has 0 spiro atoms. The van der Waals surface area contributed by atoms with Crippen molar-refractivity contribution in [1.82, 2.24) is 0 Å². The minimum absolute atomic E-state index is 0.109. The average molecular weight is 421 g/mol. The molecular formula is C24H40O4Si. The number of aliphatic hydroxyl groups excluding tert-OH is 1. The van der Waals surface area contributed by atoms with Gasteiger partial charge in [0.05, 0.1) is 0 Å². The fourth-order valence-corrected chi connectivity index (χ4v) is 4.80. The Bertz CT molecular complexity index is 675. The monoisotopic (exact) mass is 420 g/mol. The number of ether oxygens (including phenoxy) is 1. The summed E-state index contributed by atoms with van der Waals surface area (Å²) in [7, 11) is -1.92. The van der Waals surface area contributed by atoms with E-state index in [9.17, 15) is 9.90 Å². The summed E-state index contributed by atoms with van der Waals surface area (Å²) in [5, 5.41) is 10.7. The summed E-state index contributed by atoms with van der Waals surface area (Å²) in [5.41, 5.74) is 0.544. The Hall–Kier alpha value is -1.33. The Morgan fingerprint density at radius 3 is 2.24 bits per heavy atom. The van der Waals surface area contributed by atoms with Crippen molar-refractivity contribution >= 4 is 14.3 Å². The molecule has 29 heavy (non-hydrogen) atoms. The molecule has 0 unspecified atom stereocenters. The van der Waals surface area contributed by atoms with Gasteiger partial charge in [0.2, 0.25) is 8.32 Å². The van der Waals surface area contributed by atoms with E-state index >= 15 is 0 Å². The molecule has 1 N–H and O–H groups in total. The molecule has 0 aromatic heterocycles. The maximum absolute atomic E-state index is 12.6. The largest absolute Gasteiger partial charge is 0.544 e. The lowest BCUT2D eigenvalue weighted by Crippen LogP contribution is -2.43. The van der Waals surface area contributed by atoms with E-state index in [2.05, 4.69) is 54.6 Å². The third-order valence-electron chi connectivity index (χ3n) is 6.83. The van der Waals surface area contributed by atoms with E-state index in [-0.39, 0.29) is 11.1 Å². The van der Waals surface area contributed by atoms with Crippen LogP contribution < -0.4 is 4.43 Å².